The first-order chi connectivity index (χ1) is 14.7. The zero-order valence-electron chi connectivity index (χ0n) is 16.5. The Morgan fingerprint density at radius 2 is 1.07 bits per heavy atom. The number of carbonyl (C=O) groups excluding carboxylic acids is 1. The normalized spacial score (nSPS) is 10.6. The maximum atomic E-state index is 13.6. The topological polar surface area (TPSA) is 58.4 Å². The van der Waals surface area contributed by atoms with Crippen LogP contribution in [0.15, 0.2) is 115 Å². The van der Waals surface area contributed by atoms with Gasteiger partial charge in [0.15, 0.2) is 0 Å². The molecule has 0 atom stereocenters. The van der Waals surface area contributed by atoms with Gasteiger partial charge in [0.1, 0.15) is 0 Å². The third-order valence-electron chi connectivity index (χ3n) is 4.90. The molecule has 3 N–H and O–H groups in total. The van der Waals surface area contributed by atoms with Crippen LogP contribution in [0.2, 0.25) is 0 Å². The van der Waals surface area contributed by atoms with E-state index in [1.54, 1.807) is 17.0 Å². The first-order valence-corrected chi connectivity index (χ1v) is 9.83. The summed E-state index contributed by atoms with van der Waals surface area (Å²) in [6.45, 7) is 0. The molecule has 0 spiro atoms. The van der Waals surface area contributed by atoms with Gasteiger partial charge >= 0.3 is 6.03 Å². The van der Waals surface area contributed by atoms with Crippen LogP contribution in [0.3, 0.4) is 0 Å². The average molecular weight is 393 g/mol. The van der Waals surface area contributed by atoms with Crippen molar-refractivity contribution in [2.75, 3.05) is 10.6 Å². The summed E-state index contributed by atoms with van der Waals surface area (Å²) in [4.78, 5) is 15.2. The van der Waals surface area contributed by atoms with Gasteiger partial charge in [-0.3, -0.25) is 4.90 Å². The minimum Gasteiger partial charge on any atom is -0.399 e. The van der Waals surface area contributed by atoms with Crippen LogP contribution in [-0.2, 0) is 0 Å². The molecule has 0 aliphatic rings. The van der Waals surface area contributed by atoms with Crippen LogP contribution in [0.25, 0.3) is 0 Å². The fourth-order valence-corrected chi connectivity index (χ4v) is 3.42. The fourth-order valence-electron chi connectivity index (χ4n) is 3.42. The third-order valence-corrected chi connectivity index (χ3v) is 4.90. The Morgan fingerprint density at radius 1 is 0.633 bits per heavy atom. The Morgan fingerprint density at radius 3 is 1.57 bits per heavy atom. The summed E-state index contributed by atoms with van der Waals surface area (Å²) in [6, 6.07) is 36.3. The van der Waals surface area contributed by atoms with Crippen molar-refractivity contribution in [2.24, 2.45) is 0 Å². The van der Waals surface area contributed by atoms with E-state index in [0.717, 1.165) is 22.5 Å². The number of benzene rings is 4. The molecule has 0 unspecified atom stereocenters. The van der Waals surface area contributed by atoms with Gasteiger partial charge in [-0.2, -0.15) is 0 Å². The molecular formula is C26H23N3O. The first-order valence-electron chi connectivity index (χ1n) is 9.83. The highest BCUT2D eigenvalue weighted by Gasteiger charge is 2.23. The van der Waals surface area contributed by atoms with Crippen molar-refractivity contribution in [3.05, 3.63) is 126 Å². The smallest absolute Gasteiger partial charge is 0.327 e. The summed E-state index contributed by atoms with van der Waals surface area (Å²) in [5.74, 6) is 0. The molecule has 4 heteroatoms. The lowest BCUT2D eigenvalue weighted by Gasteiger charge is -2.27. The largest absolute Gasteiger partial charge is 0.399 e. The van der Waals surface area contributed by atoms with Gasteiger partial charge in [0.05, 0.1) is 17.4 Å². The van der Waals surface area contributed by atoms with E-state index >= 15 is 0 Å². The summed E-state index contributed by atoms with van der Waals surface area (Å²) in [5, 5.41) is 3.22. The summed E-state index contributed by atoms with van der Waals surface area (Å²) in [5.41, 5.74) is 10.1. The minimum atomic E-state index is -0.278. The van der Waals surface area contributed by atoms with Crippen molar-refractivity contribution in [2.45, 2.75) is 6.04 Å². The van der Waals surface area contributed by atoms with Gasteiger partial charge in [-0.15, -0.1) is 0 Å². The second-order valence-electron chi connectivity index (χ2n) is 6.97. The van der Waals surface area contributed by atoms with Crippen LogP contribution >= 0.6 is 0 Å². The van der Waals surface area contributed by atoms with Crippen LogP contribution < -0.4 is 16.0 Å². The van der Waals surface area contributed by atoms with Crippen LogP contribution in [0.1, 0.15) is 17.2 Å². The van der Waals surface area contributed by atoms with Gasteiger partial charge in [-0.25, -0.2) is 4.79 Å². The Bertz CT molecular complexity index is 1040. The monoisotopic (exact) mass is 393 g/mol. The summed E-state index contributed by atoms with van der Waals surface area (Å²) in [6.07, 6.45) is 0. The predicted molar refractivity (Wildman–Crippen MR) is 123 cm³/mol. The molecule has 4 aromatic rings. The molecule has 2 amide bonds. The van der Waals surface area contributed by atoms with E-state index in [4.69, 9.17) is 5.73 Å². The van der Waals surface area contributed by atoms with E-state index in [0.29, 0.717) is 5.69 Å². The molecule has 0 saturated heterocycles. The Kier molecular flexibility index (Phi) is 5.76. The molecule has 0 bridgehead atoms. The van der Waals surface area contributed by atoms with E-state index in [9.17, 15) is 4.79 Å². The van der Waals surface area contributed by atoms with Crippen molar-refractivity contribution in [3.8, 4) is 0 Å². The van der Waals surface area contributed by atoms with Crippen molar-refractivity contribution in [1.29, 1.82) is 0 Å². The zero-order chi connectivity index (χ0) is 20.8. The highest BCUT2D eigenvalue weighted by Crippen LogP contribution is 2.28. The number of para-hydroxylation sites is 1. The molecule has 0 saturated carbocycles. The van der Waals surface area contributed by atoms with Crippen molar-refractivity contribution in [3.63, 3.8) is 0 Å². The highest BCUT2D eigenvalue weighted by molar-refractivity contribution is 5.99. The van der Waals surface area contributed by atoms with Crippen LogP contribution in [-0.4, -0.2) is 6.03 Å². The number of rotatable bonds is 5. The standard InChI is InChI=1S/C26H23N3O/c27-22-16-18-24(19-17-22)29(23-14-8-3-9-15-23)26(30)28-25(20-10-4-1-5-11-20)21-12-6-2-7-13-21/h1-19,25H,27H2,(H,28,30). The number of amides is 2. The molecule has 0 aliphatic carbocycles. The number of nitrogens with one attached hydrogen (secondary N) is 1. The number of hydrogen-bond acceptors (Lipinski definition) is 2. The van der Waals surface area contributed by atoms with Crippen LogP contribution in [0, 0.1) is 0 Å². The van der Waals surface area contributed by atoms with Gasteiger partial charge in [-0.1, -0.05) is 78.9 Å². The molecule has 0 fully saturated rings. The van der Waals surface area contributed by atoms with Crippen molar-refractivity contribution >= 4 is 23.1 Å². The lowest BCUT2D eigenvalue weighted by Crippen LogP contribution is -2.39. The van der Waals surface area contributed by atoms with E-state index in [1.165, 1.54) is 0 Å². The Labute approximate surface area is 176 Å². The number of nitrogens with zero attached hydrogens (tertiary/aromatic N) is 1. The summed E-state index contributed by atoms with van der Waals surface area (Å²) >= 11 is 0. The van der Waals surface area contributed by atoms with Gasteiger partial charge in [0, 0.05) is 5.69 Å². The van der Waals surface area contributed by atoms with Crippen molar-refractivity contribution in [1.82, 2.24) is 5.32 Å². The first kappa shape index (κ1) is 19.3. The third kappa shape index (κ3) is 4.33. The SMILES string of the molecule is Nc1ccc(N(C(=O)NC(c2ccccc2)c2ccccc2)c2ccccc2)cc1. The second-order valence-corrected chi connectivity index (χ2v) is 6.97. The number of nitrogens with two attached hydrogens (primary N) is 1. The van der Waals surface area contributed by atoms with Crippen LogP contribution in [0.5, 0.6) is 0 Å². The Balaban J connectivity index is 1.72. The molecule has 0 heterocycles. The molecular weight excluding hydrogens is 370 g/mol. The predicted octanol–water partition coefficient (Wildman–Crippen LogP) is 5.91. The van der Waals surface area contributed by atoms with E-state index in [-0.39, 0.29) is 12.1 Å². The van der Waals surface area contributed by atoms with Crippen LogP contribution in [0.4, 0.5) is 21.9 Å². The molecule has 4 aromatic carbocycles. The van der Waals surface area contributed by atoms with E-state index < -0.39 is 0 Å². The van der Waals surface area contributed by atoms with Gasteiger partial charge in [0.25, 0.3) is 0 Å². The second kappa shape index (κ2) is 8.97. The summed E-state index contributed by atoms with van der Waals surface area (Å²) < 4.78 is 0. The maximum absolute atomic E-state index is 13.6. The number of anilines is 3. The zero-order valence-corrected chi connectivity index (χ0v) is 16.5. The number of urea groups is 1. The highest BCUT2D eigenvalue weighted by atomic mass is 16.2. The molecule has 0 radical (unpaired) electrons. The number of nitrogen functional groups attached to an aromatic ring is 1. The number of hydrogen-bond donors (Lipinski definition) is 2. The van der Waals surface area contributed by atoms with Gasteiger partial charge in [0.2, 0.25) is 0 Å². The lowest BCUT2D eigenvalue weighted by atomic mass is 9.99. The molecule has 0 aromatic heterocycles. The number of carbonyl (C=O) groups is 1. The molecule has 0 aliphatic heterocycles. The van der Waals surface area contributed by atoms with Gasteiger partial charge < -0.3 is 11.1 Å². The molecule has 148 valence electrons. The maximum Gasteiger partial charge on any atom is 0.327 e. The fraction of sp³-hybridized carbons (Fsp3) is 0.0385. The average Bonchev–Trinajstić information content (AvgIpc) is 2.81. The van der Waals surface area contributed by atoms with E-state index in [1.807, 2.05) is 103 Å². The van der Waals surface area contributed by atoms with Crippen molar-refractivity contribution < 1.29 is 4.79 Å². The molecule has 30 heavy (non-hydrogen) atoms. The molecule has 4 rings (SSSR count). The molecule has 4 nitrogen and oxygen atoms in total. The summed E-state index contributed by atoms with van der Waals surface area (Å²) in [7, 11) is 0. The minimum absolute atomic E-state index is 0.219. The van der Waals surface area contributed by atoms with Gasteiger partial charge in [-0.05, 0) is 47.5 Å². The Hall–Kier alpha value is -4.05. The quantitative estimate of drug-likeness (QED) is 0.414. The van der Waals surface area contributed by atoms with E-state index in [2.05, 4.69) is 5.32 Å². The lowest BCUT2D eigenvalue weighted by molar-refractivity contribution is 0.246.